The van der Waals surface area contributed by atoms with Crippen LogP contribution in [0.3, 0.4) is 0 Å². The molecule has 1 unspecified atom stereocenters. The number of hydrogen-bond acceptors (Lipinski definition) is 6. The lowest BCUT2D eigenvalue weighted by atomic mass is 10.2. The zero-order valence-electron chi connectivity index (χ0n) is 16.5. The summed E-state index contributed by atoms with van der Waals surface area (Å²) in [6.07, 6.45) is 4.06. The van der Waals surface area contributed by atoms with E-state index in [1.54, 1.807) is 11.8 Å². The van der Waals surface area contributed by atoms with Gasteiger partial charge in [-0.2, -0.15) is 0 Å². The Morgan fingerprint density at radius 1 is 1.20 bits per heavy atom. The third kappa shape index (κ3) is 3.76. The van der Waals surface area contributed by atoms with Crippen molar-refractivity contribution in [3.05, 3.63) is 59.3 Å². The maximum absolute atomic E-state index is 12.9. The largest absolute Gasteiger partial charge is 0.468 e. The average molecular weight is 422 g/mol. The first kappa shape index (κ1) is 19.0. The van der Waals surface area contributed by atoms with Crippen LogP contribution in [-0.2, 0) is 11.3 Å². The van der Waals surface area contributed by atoms with E-state index >= 15 is 0 Å². The molecule has 154 valence electrons. The fourth-order valence-electron chi connectivity index (χ4n) is 4.11. The summed E-state index contributed by atoms with van der Waals surface area (Å²) >= 11 is 1.52. The van der Waals surface area contributed by atoms with Crippen LogP contribution in [0.1, 0.15) is 24.6 Å². The van der Waals surface area contributed by atoms with Crippen LogP contribution in [0.5, 0.6) is 0 Å². The van der Waals surface area contributed by atoms with E-state index in [1.165, 1.54) is 24.2 Å². The van der Waals surface area contributed by atoms with Gasteiger partial charge in [-0.3, -0.25) is 9.69 Å². The van der Waals surface area contributed by atoms with Crippen molar-refractivity contribution in [3.8, 4) is 11.5 Å². The van der Waals surface area contributed by atoms with Crippen LogP contribution in [0, 0.1) is 0 Å². The molecule has 7 nitrogen and oxygen atoms in total. The van der Waals surface area contributed by atoms with Gasteiger partial charge in [0.05, 0.1) is 28.8 Å². The molecule has 1 atom stereocenters. The SMILES string of the molecule is O=C(Cn1c(-c2cscn2)nc2ccccc21)NCC(c1ccco1)N1CCCC1. The van der Waals surface area contributed by atoms with Crippen molar-refractivity contribution in [2.45, 2.75) is 25.4 Å². The second-order valence-electron chi connectivity index (χ2n) is 7.46. The van der Waals surface area contributed by atoms with E-state index in [4.69, 9.17) is 9.40 Å². The van der Waals surface area contributed by atoms with Crippen LogP contribution in [0.15, 0.2) is 58.0 Å². The molecule has 0 saturated carbocycles. The van der Waals surface area contributed by atoms with E-state index in [2.05, 4.69) is 15.2 Å². The molecule has 0 radical (unpaired) electrons. The molecule has 1 aliphatic heterocycles. The Morgan fingerprint density at radius 2 is 2.07 bits per heavy atom. The first-order chi connectivity index (χ1) is 14.8. The number of furan rings is 1. The Kier molecular flexibility index (Phi) is 5.33. The van der Waals surface area contributed by atoms with E-state index in [-0.39, 0.29) is 18.5 Å². The topological polar surface area (TPSA) is 76.2 Å². The number of aromatic nitrogens is 3. The molecule has 1 aliphatic rings. The van der Waals surface area contributed by atoms with Gasteiger partial charge in [-0.15, -0.1) is 11.3 Å². The highest BCUT2D eigenvalue weighted by Gasteiger charge is 2.26. The average Bonchev–Trinajstić information content (AvgIpc) is 3.55. The third-order valence-electron chi connectivity index (χ3n) is 5.56. The summed E-state index contributed by atoms with van der Waals surface area (Å²) < 4.78 is 7.60. The number of hydrogen-bond donors (Lipinski definition) is 1. The summed E-state index contributed by atoms with van der Waals surface area (Å²) in [4.78, 5) is 24.4. The van der Waals surface area contributed by atoms with Crippen LogP contribution in [0.25, 0.3) is 22.6 Å². The number of benzene rings is 1. The van der Waals surface area contributed by atoms with Crippen molar-refractivity contribution in [3.63, 3.8) is 0 Å². The highest BCUT2D eigenvalue weighted by Crippen LogP contribution is 2.26. The second kappa shape index (κ2) is 8.41. The molecule has 1 N–H and O–H groups in total. The normalized spacial score (nSPS) is 15.6. The van der Waals surface area contributed by atoms with Crippen molar-refractivity contribution < 1.29 is 9.21 Å². The van der Waals surface area contributed by atoms with Crippen molar-refractivity contribution in [1.29, 1.82) is 0 Å². The maximum atomic E-state index is 12.9. The van der Waals surface area contributed by atoms with Gasteiger partial charge in [0.1, 0.15) is 18.0 Å². The number of para-hydroxylation sites is 2. The number of likely N-dealkylation sites (tertiary alicyclic amines) is 1. The number of nitrogens with zero attached hydrogens (tertiary/aromatic N) is 4. The number of thiazole rings is 1. The number of amides is 1. The molecule has 8 heteroatoms. The minimum absolute atomic E-state index is 0.0506. The van der Waals surface area contributed by atoms with Crippen molar-refractivity contribution >= 4 is 28.3 Å². The standard InChI is InChI=1S/C22H23N5O2S/c28-21(23-12-19(20-8-5-11-29-20)26-9-3-4-10-26)13-27-18-7-2-1-6-16(18)25-22(27)17-14-30-15-24-17/h1-2,5-8,11,14-15,19H,3-4,9-10,12-13H2,(H,23,28). The van der Waals surface area contributed by atoms with Gasteiger partial charge in [0.2, 0.25) is 5.91 Å². The summed E-state index contributed by atoms with van der Waals surface area (Å²) in [7, 11) is 0. The molecule has 0 bridgehead atoms. The summed E-state index contributed by atoms with van der Waals surface area (Å²) in [6.45, 7) is 2.77. The summed E-state index contributed by atoms with van der Waals surface area (Å²) in [5.74, 6) is 1.56. The predicted molar refractivity (Wildman–Crippen MR) is 116 cm³/mol. The molecule has 1 amide bonds. The van der Waals surface area contributed by atoms with Crippen LogP contribution >= 0.6 is 11.3 Å². The van der Waals surface area contributed by atoms with E-state index in [0.717, 1.165) is 41.4 Å². The Hall–Kier alpha value is -2.97. The number of carbonyl (C=O) groups is 1. The molecule has 5 rings (SSSR count). The van der Waals surface area contributed by atoms with Gasteiger partial charge >= 0.3 is 0 Å². The number of fused-ring (bicyclic) bond motifs is 1. The molecule has 1 aromatic carbocycles. The monoisotopic (exact) mass is 421 g/mol. The smallest absolute Gasteiger partial charge is 0.240 e. The fraction of sp³-hybridized carbons (Fsp3) is 0.318. The molecule has 0 spiro atoms. The number of rotatable bonds is 7. The molecule has 0 aliphatic carbocycles. The summed E-state index contributed by atoms with van der Waals surface area (Å²) in [5, 5.41) is 5.07. The minimum atomic E-state index is -0.0506. The number of nitrogens with one attached hydrogen (secondary N) is 1. The highest BCUT2D eigenvalue weighted by molar-refractivity contribution is 7.07. The molecular weight excluding hydrogens is 398 g/mol. The van der Waals surface area contributed by atoms with E-state index in [1.807, 2.05) is 46.3 Å². The molecule has 30 heavy (non-hydrogen) atoms. The Balaban J connectivity index is 1.35. The lowest BCUT2D eigenvalue weighted by molar-refractivity contribution is -0.121. The second-order valence-corrected chi connectivity index (χ2v) is 8.18. The van der Waals surface area contributed by atoms with Crippen LogP contribution in [0.2, 0.25) is 0 Å². The lowest BCUT2D eigenvalue weighted by Gasteiger charge is -2.26. The lowest BCUT2D eigenvalue weighted by Crippen LogP contribution is -2.38. The predicted octanol–water partition coefficient (Wildman–Crippen LogP) is 3.71. The van der Waals surface area contributed by atoms with Crippen LogP contribution in [0.4, 0.5) is 0 Å². The molecule has 4 heterocycles. The fourth-order valence-corrected chi connectivity index (χ4v) is 4.64. The molecule has 1 saturated heterocycles. The van der Waals surface area contributed by atoms with Crippen LogP contribution in [-0.4, -0.2) is 45.0 Å². The zero-order chi connectivity index (χ0) is 20.3. The van der Waals surface area contributed by atoms with Gasteiger partial charge in [0, 0.05) is 11.9 Å². The first-order valence-electron chi connectivity index (χ1n) is 10.2. The van der Waals surface area contributed by atoms with Gasteiger partial charge in [-0.05, 0) is 50.2 Å². The maximum Gasteiger partial charge on any atom is 0.240 e. The highest BCUT2D eigenvalue weighted by atomic mass is 32.1. The van der Waals surface area contributed by atoms with Gasteiger partial charge in [0.15, 0.2) is 5.82 Å². The minimum Gasteiger partial charge on any atom is -0.468 e. The molecule has 1 fully saturated rings. The Morgan fingerprint density at radius 3 is 2.83 bits per heavy atom. The molecule has 3 aromatic heterocycles. The zero-order valence-corrected chi connectivity index (χ0v) is 17.3. The third-order valence-corrected chi connectivity index (χ3v) is 6.15. The van der Waals surface area contributed by atoms with Crippen molar-refractivity contribution in [2.24, 2.45) is 0 Å². The molecule has 4 aromatic rings. The summed E-state index contributed by atoms with van der Waals surface area (Å²) in [6, 6.07) is 11.8. The van der Waals surface area contributed by atoms with Crippen molar-refractivity contribution in [1.82, 2.24) is 24.8 Å². The number of imidazole rings is 1. The van der Waals surface area contributed by atoms with E-state index in [0.29, 0.717) is 6.54 Å². The Bertz CT molecular complexity index is 1110. The van der Waals surface area contributed by atoms with Crippen LogP contribution < -0.4 is 5.32 Å². The van der Waals surface area contributed by atoms with E-state index < -0.39 is 0 Å². The molecular formula is C22H23N5O2S. The van der Waals surface area contributed by atoms with Gasteiger partial charge < -0.3 is 14.3 Å². The first-order valence-corrected chi connectivity index (χ1v) is 11.1. The summed E-state index contributed by atoms with van der Waals surface area (Å²) in [5.41, 5.74) is 4.36. The van der Waals surface area contributed by atoms with Gasteiger partial charge in [-0.25, -0.2) is 9.97 Å². The van der Waals surface area contributed by atoms with Gasteiger partial charge in [-0.1, -0.05) is 12.1 Å². The Labute approximate surface area is 178 Å². The quantitative estimate of drug-likeness (QED) is 0.492. The van der Waals surface area contributed by atoms with E-state index in [9.17, 15) is 4.79 Å². The van der Waals surface area contributed by atoms with Crippen molar-refractivity contribution in [2.75, 3.05) is 19.6 Å². The number of carbonyl (C=O) groups excluding carboxylic acids is 1. The van der Waals surface area contributed by atoms with Gasteiger partial charge in [0.25, 0.3) is 0 Å².